The highest BCUT2D eigenvalue weighted by Gasteiger charge is 2.27. The van der Waals surface area contributed by atoms with Gasteiger partial charge in [0.1, 0.15) is 5.69 Å². The Hall–Kier alpha value is -1.07. The van der Waals surface area contributed by atoms with Crippen LogP contribution in [0.5, 0.6) is 0 Å². The molecule has 2 aromatic rings. The van der Waals surface area contributed by atoms with E-state index in [-0.39, 0.29) is 5.91 Å². The van der Waals surface area contributed by atoms with E-state index in [0.717, 1.165) is 10.2 Å². The number of hydrogen-bond donors (Lipinski definition) is 1. The molecule has 0 bridgehead atoms. The fourth-order valence-corrected chi connectivity index (χ4v) is 3.41. The third-order valence-corrected chi connectivity index (χ3v) is 4.73. The minimum Gasteiger partial charge on any atom is -0.347 e. The predicted molar refractivity (Wildman–Crippen MR) is 80.6 cm³/mol. The molecule has 19 heavy (non-hydrogen) atoms. The average Bonchev–Trinajstić information content (AvgIpc) is 3.04. The zero-order chi connectivity index (χ0) is 13.4. The molecule has 3 nitrogen and oxygen atoms in total. The highest BCUT2D eigenvalue weighted by Crippen LogP contribution is 2.37. The lowest BCUT2D eigenvalue weighted by Gasteiger charge is -2.08. The fraction of sp³-hybridized carbons (Fsp3) is 0.357. The molecule has 0 atom stereocenters. The number of aryl methyl sites for hydroxylation is 1. The summed E-state index contributed by atoms with van der Waals surface area (Å²) < 4.78 is 3.05. The van der Waals surface area contributed by atoms with Crippen LogP contribution in [-0.2, 0) is 6.54 Å². The van der Waals surface area contributed by atoms with Crippen LogP contribution in [0.2, 0.25) is 0 Å². The third-order valence-electron chi connectivity index (χ3n) is 3.39. The second-order valence-electron chi connectivity index (χ2n) is 4.94. The zero-order valence-electron chi connectivity index (χ0n) is 10.6. The molecule has 100 valence electrons. The summed E-state index contributed by atoms with van der Waals surface area (Å²) in [5.74, 6) is 0.00296. The molecule has 0 radical (unpaired) electrons. The standard InChI is InChI=1S/C14H15BrN2OS/c1-9-7-19-8-10(9)5-16-14(18)13-4-11(15)6-17(13)12-2-3-12/h4,6-8,12H,2-3,5H2,1H3,(H,16,18). The summed E-state index contributed by atoms with van der Waals surface area (Å²) in [6.45, 7) is 2.67. The Morgan fingerprint density at radius 1 is 1.53 bits per heavy atom. The van der Waals surface area contributed by atoms with E-state index in [1.165, 1.54) is 24.0 Å². The fourth-order valence-electron chi connectivity index (χ4n) is 2.12. The quantitative estimate of drug-likeness (QED) is 0.901. The van der Waals surface area contributed by atoms with E-state index in [0.29, 0.717) is 12.6 Å². The van der Waals surface area contributed by atoms with Gasteiger partial charge in [-0.15, -0.1) is 0 Å². The summed E-state index contributed by atoms with van der Waals surface area (Å²) in [5.41, 5.74) is 3.19. The van der Waals surface area contributed by atoms with Crippen LogP contribution >= 0.6 is 27.3 Å². The number of halogens is 1. The molecule has 1 aliphatic carbocycles. The van der Waals surface area contributed by atoms with Gasteiger partial charge >= 0.3 is 0 Å². The summed E-state index contributed by atoms with van der Waals surface area (Å²) >= 11 is 5.12. The van der Waals surface area contributed by atoms with Crippen LogP contribution in [0.15, 0.2) is 27.5 Å². The average molecular weight is 339 g/mol. The number of rotatable bonds is 4. The van der Waals surface area contributed by atoms with Crippen LogP contribution in [0.25, 0.3) is 0 Å². The van der Waals surface area contributed by atoms with Gasteiger partial charge in [0.25, 0.3) is 5.91 Å². The molecule has 3 rings (SSSR count). The summed E-state index contributed by atoms with van der Waals surface area (Å²) in [4.78, 5) is 12.3. The van der Waals surface area contributed by atoms with Crippen LogP contribution in [0.1, 0.15) is 40.5 Å². The van der Waals surface area contributed by atoms with Crippen molar-refractivity contribution < 1.29 is 4.79 Å². The molecule has 5 heteroatoms. The predicted octanol–water partition coefficient (Wildman–Crippen LogP) is 3.89. The first-order valence-electron chi connectivity index (χ1n) is 6.32. The topological polar surface area (TPSA) is 34.0 Å². The van der Waals surface area contributed by atoms with E-state index in [9.17, 15) is 4.79 Å². The molecule has 0 aromatic carbocycles. The molecule has 0 spiro atoms. The zero-order valence-corrected chi connectivity index (χ0v) is 13.1. The molecule has 1 fully saturated rings. The van der Waals surface area contributed by atoms with E-state index < -0.39 is 0 Å². The van der Waals surface area contributed by atoms with Gasteiger partial charge in [0.2, 0.25) is 0 Å². The number of hydrogen-bond acceptors (Lipinski definition) is 2. The van der Waals surface area contributed by atoms with Crippen molar-refractivity contribution in [1.29, 1.82) is 0 Å². The molecular weight excluding hydrogens is 324 g/mol. The number of thiophene rings is 1. The molecule has 0 saturated heterocycles. The lowest BCUT2D eigenvalue weighted by Crippen LogP contribution is -2.25. The van der Waals surface area contributed by atoms with Gasteiger partial charge in [0.15, 0.2) is 0 Å². The maximum Gasteiger partial charge on any atom is 0.268 e. The molecule has 1 N–H and O–H groups in total. The lowest BCUT2D eigenvalue weighted by atomic mass is 10.2. The Balaban J connectivity index is 1.72. The molecular formula is C14H15BrN2OS. The van der Waals surface area contributed by atoms with Crippen molar-refractivity contribution in [3.05, 3.63) is 44.3 Å². The summed E-state index contributed by atoms with van der Waals surface area (Å²) in [7, 11) is 0. The van der Waals surface area contributed by atoms with Crippen molar-refractivity contribution >= 4 is 33.2 Å². The number of nitrogens with zero attached hydrogens (tertiary/aromatic N) is 1. The van der Waals surface area contributed by atoms with E-state index in [4.69, 9.17) is 0 Å². The SMILES string of the molecule is Cc1cscc1CNC(=O)c1cc(Br)cn1C1CC1. The molecule has 0 unspecified atom stereocenters. The van der Waals surface area contributed by atoms with Crippen LogP contribution in [0.4, 0.5) is 0 Å². The van der Waals surface area contributed by atoms with Gasteiger partial charge in [-0.1, -0.05) is 0 Å². The van der Waals surface area contributed by atoms with Crippen LogP contribution in [0, 0.1) is 6.92 Å². The Kier molecular flexibility index (Phi) is 3.50. The van der Waals surface area contributed by atoms with Crippen LogP contribution in [-0.4, -0.2) is 10.5 Å². The van der Waals surface area contributed by atoms with Gasteiger partial charge in [-0.25, -0.2) is 0 Å². The second kappa shape index (κ2) is 5.13. The lowest BCUT2D eigenvalue weighted by molar-refractivity contribution is 0.0941. The van der Waals surface area contributed by atoms with Crippen molar-refractivity contribution in [1.82, 2.24) is 9.88 Å². The van der Waals surface area contributed by atoms with Gasteiger partial charge in [0.05, 0.1) is 0 Å². The van der Waals surface area contributed by atoms with E-state index in [1.54, 1.807) is 11.3 Å². The Morgan fingerprint density at radius 3 is 2.95 bits per heavy atom. The molecule has 0 aliphatic heterocycles. The van der Waals surface area contributed by atoms with Gasteiger partial charge in [-0.2, -0.15) is 11.3 Å². The van der Waals surface area contributed by atoms with Crippen molar-refractivity contribution in [2.75, 3.05) is 0 Å². The van der Waals surface area contributed by atoms with E-state index in [1.807, 2.05) is 12.3 Å². The smallest absolute Gasteiger partial charge is 0.268 e. The van der Waals surface area contributed by atoms with Gasteiger partial charge < -0.3 is 9.88 Å². The number of amides is 1. The maximum absolute atomic E-state index is 12.3. The minimum atomic E-state index is 0.00296. The van der Waals surface area contributed by atoms with Crippen LogP contribution in [0.3, 0.4) is 0 Å². The number of carbonyl (C=O) groups is 1. The Bertz CT molecular complexity index is 613. The van der Waals surface area contributed by atoms with Crippen molar-refractivity contribution in [3.8, 4) is 0 Å². The highest BCUT2D eigenvalue weighted by molar-refractivity contribution is 9.10. The Labute approximate surface area is 124 Å². The largest absolute Gasteiger partial charge is 0.347 e. The highest BCUT2D eigenvalue weighted by atomic mass is 79.9. The van der Waals surface area contributed by atoms with E-state index in [2.05, 4.69) is 43.5 Å². The maximum atomic E-state index is 12.3. The van der Waals surface area contributed by atoms with Gasteiger partial charge in [-0.05, 0) is 63.6 Å². The number of aromatic nitrogens is 1. The van der Waals surface area contributed by atoms with Crippen molar-refractivity contribution in [3.63, 3.8) is 0 Å². The minimum absolute atomic E-state index is 0.00296. The number of carbonyl (C=O) groups excluding carboxylic acids is 1. The number of nitrogens with one attached hydrogen (secondary N) is 1. The molecule has 1 amide bonds. The first kappa shape index (κ1) is 12.9. The van der Waals surface area contributed by atoms with E-state index >= 15 is 0 Å². The monoisotopic (exact) mass is 338 g/mol. The Morgan fingerprint density at radius 2 is 2.32 bits per heavy atom. The van der Waals surface area contributed by atoms with Gasteiger partial charge in [-0.3, -0.25) is 4.79 Å². The van der Waals surface area contributed by atoms with Crippen molar-refractivity contribution in [2.45, 2.75) is 32.4 Å². The first-order chi connectivity index (χ1) is 9.15. The molecule has 1 saturated carbocycles. The third kappa shape index (κ3) is 2.77. The summed E-state index contributed by atoms with van der Waals surface area (Å²) in [5, 5.41) is 7.20. The summed E-state index contributed by atoms with van der Waals surface area (Å²) in [6, 6.07) is 2.41. The molecule has 1 aliphatic rings. The normalized spacial score (nSPS) is 14.6. The molecule has 2 heterocycles. The molecule has 2 aromatic heterocycles. The van der Waals surface area contributed by atoms with Gasteiger partial charge in [0, 0.05) is 23.3 Å². The second-order valence-corrected chi connectivity index (χ2v) is 6.60. The van der Waals surface area contributed by atoms with Crippen LogP contribution < -0.4 is 5.32 Å². The summed E-state index contributed by atoms with van der Waals surface area (Å²) in [6.07, 6.45) is 4.35. The van der Waals surface area contributed by atoms with Crippen molar-refractivity contribution in [2.24, 2.45) is 0 Å². The first-order valence-corrected chi connectivity index (χ1v) is 8.06.